The third kappa shape index (κ3) is 7.63. The van der Waals surface area contributed by atoms with Crippen LogP contribution in [0.3, 0.4) is 0 Å². The summed E-state index contributed by atoms with van der Waals surface area (Å²) in [6, 6.07) is 7.63. The number of hydrogen-bond acceptors (Lipinski definition) is 4. The quantitative estimate of drug-likeness (QED) is 0.404. The number of benzene rings is 1. The molecule has 0 aliphatic heterocycles. The first kappa shape index (κ1) is 19.4. The van der Waals surface area contributed by atoms with Gasteiger partial charge in [0, 0.05) is 17.7 Å². The van der Waals surface area contributed by atoms with Gasteiger partial charge < -0.3 is 5.73 Å². The maximum absolute atomic E-state index is 5.70. The molecule has 2 rings (SSSR count). The predicted octanol–water partition coefficient (Wildman–Crippen LogP) is 5.58. The maximum atomic E-state index is 5.70. The minimum atomic E-state index is 0.752. The van der Waals surface area contributed by atoms with Gasteiger partial charge in [0.1, 0.15) is 5.69 Å². The van der Waals surface area contributed by atoms with Gasteiger partial charge in [0.05, 0.1) is 6.20 Å². The molecule has 0 unspecified atom stereocenters. The molecule has 1 aromatic heterocycles. The fourth-order valence-corrected chi connectivity index (χ4v) is 2.97. The number of nitrogen functional groups attached to an aromatic ring is 1. The lowest BCUT2D eigenvalue weighted by Crippen LogP contribution is -1.99. The molecule has 0 fully saturated rings. The molecular formula is C21H32N4. The summed E-state index contributed by atoms with van der Waals surface area (Å²) in [7, 11) is 0. The van der Waals surface area contributed by atoms with E-state index in [0.29, 0.717) is 0 Å². The summed E-state index contributed by atoms with van der Waals surface area (Å²) < 4.78 is 0. The Morgan fingerprint density at radius 2 is 1.36 bits per heavy atom. The van der Waals surface area contributed by atoms with E-state index in [1.807, 2.05) is 30.5 Å². The Labute approximate surface area is 152 Å². The molecule has 4 heteroatoms. The fourth-order valence-electron chi connectivity index (χ4n) is 2.97. The van der Waals surface area contributed by atoms with E-state index in [2.05, 4.69) is 22.1 Å². The van der Waals surface area contributed by atoms with E-state index in [1.165, 1.54) is 57.8 Å². The highest BCUT2D eigenvalue weighted by Crippen LogP contribution is 2.17. The largest absolute Gasteiger partial charge is 0.399 e. The zero-order valence-corrected chi connectivity index (χ0v) is 15.6. The van der Waals surface area contributed by atoms with E-state index in [9.17, 15) is 0 Å². The smallest absolute Gasteiger partial charge is 0.150 e. The number of unbranched alkanes of at least 4 members (excludes halogenated alkanes) is 9. The van der Waals surface area contributed by atoms with Gasteiger partial charge in [-0.05, 0) is 18.6 Å². The first-order chi connectivity index (χ1) is 12.3. The van der Waals surface area contributed by atoms with Crippen molar-refractivity contribution in [2.24, 2.45) is 0 Å². The topological polar surface area (TPSA) is 64.7 Å². The molecular weight excluding hydrogens is 308 g/mol. The van der Waals surface area contributed by atoms with Crippen molar-refractivity contribution < 1.29 is 0 Å². The van der Waals surface area contributed by atoms with Crippen LogP contribution < -0.4 is 5.73 Å². The molecule has 0 saturated heterocycles. The van der Waals surface area contributed by atoms with Gasteiger partial charge >= 0.3 is 0 Å². The molecule has 0 bridgehead atoms. The molecule has 2 aromatic rings. The summed E-state index contributed by atoms with van der Waals surface area (Å²) in [6.07, 6.45) is 16.2. The van der Waals surface area contributed by atoms with Crippen LogP contribution >= 0.6 is 0 Å². The zero-order chi connectivity index (χ0) is 17.7. The number of rotatable bonds is 12. The van der Waals surface area contributed by atoms with Crippen molar-refractivity contribution in [1.29, 1.82) is 0 Å². The van der Waals surface area contributed by atoms with Gasteiger partial charge in [-0.2, -0.15) is 0 Å². The third-order valence-corrected chi connectivity index (χ3v) is 4.57. The van der Waals surface area contributed by atoms with Crippen LogP contribution in [-0.2, 0) is 6.42 Å². The third-order valence-electron chi connectivity index (χ3n) is 4.57. The number of nitrogens with zero attached hydrogens (tertiary/aromatic N) is 3. The summed E-state index contributed by atoms with van der Waals surface area (Å²) in [4.78, 5) is 4.45. The lowest BCUT2D eigenvalue weighted by atomic mass is 10.1. The second-order valence-electron chi connectivity index (χ2n) is 6.81. The highest BCUT2D eigenvalue weighted by molar-refractivity contribution is 5.60. The molecule has 4 nitrogen and oxygen atoms in total. The van der Waals surface area contributed by atoms with Gasteiger partial charge in [0.25, 0.3) is 0 Å². The molecule has 2 N–H and O–H groups in total. The van der Waals surface area contributed by atoms with Crippen LogP contribution in [0.2, 0.25) is 0 Å². The number of aromatic nitrogens is 3. The molecule has 1 aromatic carbocycles. The zero-order valence-electron chi connectivity index (χ0n) is 15.6. The van der Waals surface area contributed by atoms with Crippen LogP contribution in [-0.4, -0.2) is 15.2 Å². The van der Waals surface area contributed by atoms with Crippen molar-refractivity contribution in [1.82, 2.24) is 15.2 Å². The van der Waals surface area contributed by atoms with Gasteiger partial charge in [-0.1, -0.05) is 76.8 Å². The Hall–Kier alpha value is -1.97. The van der Waals surface area contributed by atoms with Crippen LogP contribution in [0.1, 0.15) is 77.0 Å². The summed E-state index contributed by atoms with van der Waals surface area (Å²) in [5.74, 6) is 0.846. The molecule has 0 atom stereocenters. The maximum Gasteiger partial charge on any atom is 0.150 e. The molecule has 0 amide bonds. The van der Waals surface area contributed by atoms with Gasteiger partial charge in [-0.25, -0.2) is 4.98 Å². The van der Waals surface area contributed by atoms with Crippen molar-refractivity contribution in [3.63, 3.8) is 0 Å². The number of nitrogens with two attached hydrogens (primary N) is 1. The standard InChI is InChI=1S/C21H32N4/c1-2-3-4-5-6-7-8-9-10-11-12-21-23-17-20(24-25-21)18-13-15-19(22)16-14-18/h13-17H,2-12,22H2,1H3. The molecule has 0 radical (unpaired) electrons. The second kappa shape index (κ2) is 11.6. The molecule has 0 aliphatic carbocycles. The summed E-state index contributed by atoms with van der Waals surface area (Å²) in [6.45, 7) is 2.27. The Bertz CT molecular complexity index is 578. The highest BCUT2D eigenvalue weighted by Gasteiger charge is 2.03. The molecule has 0 aliphatic rings. The SMILES string of the molecule is CCCCCCCCCCCCc1ncc(-c2ccc(N)cc2)nn1. The van der Waals surface area contributed by atoms with Crippen LogP contribution in [0.15, 0.2) is 30.5 Å². The van der Waals surface area contributed by atoms with Crippen LogP contribution in [0.25, 0.3) is 11.3 Å². The lowest BCUT2D eigenvalue weighted by Gasteiger charge is -2.03. The van der Waals surface area contributed by atoms with Crippen LogP contribution in [0, 0.1) is 0 Å². The Kier molecular flexibility index (Phi) is 8.95. The van der Waals surface area contributed by atoms with E-state index in [-0.39, 0.29) is 0 Å². The average Bonchev–Trinajstić information content (AvgIpc) is 2.64. The normalized spacial score (nSPS) is 10.9. The molecule has 25 heavy (non-hydrogen) atoms. The first-order valence-corrected chi connectivity index (χ1v) is 9.84. The first-order valence-electron chi connectivity index (χ1n) is 9.84. The summed E-state index contributed by atoms with van der Waals surface area (Å²) in [5.41, 5.74) is 8.25. The van der Waals surface area contributed by atoms with Crippen molar-refractivity contribution in [2.45, 2.75) is 77.6 Å². The number of aryl methyl sites for hydroxylation is 1. The van der Waals surface area contributed by atoms with E-state index < -0.39 is 0 Å². The van der Waals surface area contributed by atoms with E-state index in [1.54, 1.807) is 0 Å². The summed E-state index contributed by atoms with van der Waals surface area (Å²) in [5, 5.41) is 8.55. The average molecular weight is 341 g/mol. The van der Waals surface area contributed by atoms with Gasteiger partial charge in [-0.3, -0.25) is 0 Å². The molecule has 1 heterocycles. The van der Waals surface area contributed by atoms with Gasteiger partial charge in [-0.15, -0.1) is 10.2 Å². The number of anilines is 1. The van der Waals surface area contributed by atoms with E-state index in [4.69, 9.17) is 5.73 Å². The van der Waals surface area contributed by atoms with Crippen LogP contribution in [0.4, 0.5) is 5.69 Å². The fraction of sp³-hybridized carbons (Fsp3) is 0.571. The van der Waals surface area contributed by atoms with Crippen molar-refractivity contribution in [3.8, 4) is 11.3 Å². The lowest BCUT2D eigenvalue weighted by molar-refractivity contribution is 0.553. The highest BCUT2D eigenvalue weighted by atomic mass is 15.1. The Morgan fingerprint density at radius 3 is 1.92 bits per heavy atom. The minimum Gasteiger partial charge on any atom is -0.399 e. The Balaban J connectivity index is 1.58. The van der Waals surface area contributed by atoms with Crippen LogP contribution in [0.5, 0.6) is 0 Å². The van der Waals surface area contributed by atoms with Crippen molar-refractivity contribution in [3.05, 3.63) is 36.3 Å². The molecule has 0 spiro atoms. The van der Waals surface area contributed by atoms with Gasteiger partial charge in [0.15, 0.2) is 5.82 Å². The van der Waals surface area contributed by atoms with Gasteiger partial charge in [0.2, 0.25) is 0 Å². The molecule has 136 valence electrons. The Morgan fingerprint density at radius 1 is 0.760 bits per heavy atom. The minimum absolute atomic E-state index is 0.752. The number of hydrogen-bond donors (Lipinski definition) is 1. The predicted molar refractivity (Wildman–Crippen MR) is 105 cm³/mol. The summed E-state index contributed by atoms with van der Waals surface area (Å²) >= 11 is 0. The van der Waals surface area contributed by atoms with E-state index >= 15 is 0 Å². The van der Waals surface area contributed by atoms with E-state index in [0.717, 1.165) is 35.6 Å². The molecule has 0 saturated carbocycles. The van der Waals surface area contributed by atoms with Crippen molar-refractivity contribution in [2.75, 3.05) is 5.73 Å². The monoisotopic (exact) mass is 340 g/mol. The van der Waals surface area contributed by atoms with Crippen molar-refractivity contribution >= 4 is 5.69 Å². The second-order valence-corrected chi connectivity index (χ2v) is 6.81.